The number of nitrogens with zero attached hydrogens (tertiary/aromatic N) is 3. The van der Waals surface area contributed by atoms with Crippen molar-refractivity contribution < 1.29 is 19.1 Å². The number of ether oxygens (including phenoxy) is 1. The first-order valence-electron chi connectivity index (χ1n) is 11.6. The van der Waals surface area contributed by atoms with Crippen LogP contribution in [-0.4, -0.2) is 66.8 Å². The molecule has 2 aliphatic rings. The quantitative estimate of drug-likeness (QED) is 0.640. The molecule has 9 nitrogen and oxygen atoms in total. The summed E-state index contributed by atoms with van der Waals surface area (Å²) in [6.45, 7) is 9.87. The van der Waals surface area contributed by atoms with Gasteiger partial charge < -0.3 is 20.3 Å². The lowest BCUT2D eigenvalue weighted by Gasteiger charge is -2.32. The smallest absolute Gasteiger partial charge is 0.407 e. The highest BCUT2D eigenvalue weighted by Crippen LogP contribution is 2.22. The lowest BCUT2D eigenvalue weighted by molar-refractivity contribution is -0.126. The fourth-order valence-electron chi connectivity index (χ4n) is 3.90. The van der Waals surface area contributed by atoms with Crippen molar-refractivity contribution in [1.29, 1.82) is 0 Å². The zero-order valence-electron chi connectivity index (χ0n) is 20.0. The number of alkyl carbamates (subject to hydrolysis) is 1. The first-order valence-corrected chi connectivity index (χ1v) is 11.6. The number of nitrogens with one attached hydrogen (secondary N) is 2. The molecule has 1 unspecified atom stereocenters. The first-order chi connectivity index (χ1) is 15.6. The third kappa shape index (κ3) is 7.20. The fourth-order valence-corrected chi connectivity index (χ4v) is 3.90. The molecule has 0 radical (unpaired) electrons. The van der Waals surface area contributed by atoms with Crippen LogP contribution in [0.5, 0.6) is 0 Å². The molecule has 1 atom stereocenters. The van der Waals surface area contributed by atoms with Gasteiger partial charge in [0, 0.05) is 50.4 Å². The van der Waals surface area contributed by atoms with Crippen molar-refractivity contribution in [2.24, 2.45) is 11.0 Å². The molecule has 33 heavy (non-hydrogen) atoms. The van der Waals surface area contributed by atoms with Gasteiger partial charge in [0.1, 0.15) is 5.60 Å². The minimum atomic E-state index is -0.563. The third-order valence-electron chi connectivity index (χ3n) is 5.56. The monoisotopic (exact) mass is 457 g/mol. The molecule has 1 aromatic rings. The second-order valence-electron chi connectivity index (χ2n) is 9.57. The van der Waals surface area contributed by atoms with Crippen LogP contribution in [-0.2, 0) is 9.53 Å². The Balaban J connectivity index is 1.46. The fraction of sp³-hybridized carbons (Fsp3) is 0.583. The van der Waals surface area contributed by atoms with Crippen LogP contribution in [0.4, 0.5) is 10.5 Å². The molecule has 0 spiro atoms. The number of carbonyl (C=O) groups excluding carboxylic acids is 3. The second-order valence-corrected chi connectivity index (χ2v) is 9.57. The van der Waals surface area contributed by atoms with Gasteiger partial charge in [-0.05, 0) is 64.8 Å². The largest absolute Gasteiger partial charge is 0.444 e. The van der Waals surface area contributed by atoms with Gasteiger partial charge in [-0.2, -0.15) is 5.10 Å². The van der Waals surface area contributed by atoms with Crippen LogP contribution >= 0.6 is 0 Å². The van der Waals surface area contributed by atoms with Gasteiger partial charge in [-0.15, -0.1) is 0 Å². The van der Waals surface area contributed by atoms with Gasteiger partial charge in [-0.25, -0.2) is 4.79 Å². The molecular formula is C24H35N5O4. The molecule has 2 heterocycles. The van der Waals surface area contributed by atoms with Gasteiger partial charge in [0.25, 0.3) is 5.91 Å². The Kier molecular flexibility index (Phi) is 7.94. The number of hydrazone groups is 1. The molecule has 0 aliphatic carbocycles. The molecule has 0 saturated carbocycles. The average molecular weight is 458 g/mol. The van der Waals surface area contributed by atoms with Crippen LogP contribution in [0.25, 0.3) is 0 Å². The Hall–Kier alpha value is -3.10. The van der Waals surface area contributed by atoms with Crippen LogP contribution in [0.1, 0.15) is 57.3 Å². The number of piperidine rings is 1. The Bertz CT molecular complexity index is 891. The minimum Gasteiger partial charge on any atom is -0.444 e. The maximum Gasteiger partial charge on any atom is 0.407 e. The number of likely N-dealkylation sites (tertiary alicyclic amines) is 1. The molecule has 9 heteroatoms. The van der Waals surface area contributed by atoms with Crippen LogP contribution < -0.4 is 15.6 Å². The van der Waals surface area contributed by atoms with Crippen molar-refractivity contribution in [2.75, 3.05) is 37.7 Å². The van der Waals surface area contributed by atoms with E-state index in [0.717, 1.165) is 37.2 Å². The predicted molar refractivity (Wildman–Crippen MR) is 127 cm³/mol. The van der Waals surface area contributed by atoms with Crippen molar-refractivity contribution in [1.82, 2.24) is 15.5 Å². The number of benzene rings is 1. The van der Waals surface area contributed by atoms with Crippen LogP contribution in [0.2, 0.25) is 0 Å². The van der Waals surface area contributed by atoms with E-state index in [-0.39, 0.29) is 24.3 Å². The third-order valence-corrected chi connectivity index (χ3v) is 5.56. The van der Waals surface area contributed by atoms with E-state index in [4.69, 9.17) is 4.74 Å². The Morgan fingerprint density at radius 2 is 1.79 bits per heavy atom. The van der Waals surface area contributed by atoms with E-state index in [1.54, 1.807) is 25.7 Å². The summed E-state index contributed by atoms with van der Waals surface area (Å²) in [7, 11) is 0. The maximum absolute atomic E-state index is 13.0. The summed E-state index contributed by atoms with van der Waals surface area (Å²) >= 11 is 0. The number of anilines is 1. The Morgan fingerprint density at radius 1 is 1.09 bits per heavy atom. The number of hydrogen-bond donors (Lipinski definition) is 2. The van der Waals surface area contributed by atoms with Gasteiger partial charge in [-0.3, -0.25) is 14.6 Å². The summed E-state index contributed by atoms with van der Waals surface area (Å²) in [6.07, 6.45) is 1.96. The molecule has 0 aromatic heterocycles. The highest BCUT2D eigenvalue weighted by Gasteiger charge is 2.29. The highest BCUT2D eigenvalue weighted by atomic mass is 16.6. The summed E-state index contributed by atoms with van der Waals surface area (Å²) in [5, 5.41) is 11.9. The molecular weight excluding hydrogens is 422 g/mol. The summed E-state index contributed by atoms with van der Waals surface area (Å²) < 4.78 is 5.17. The number of hydrogen-bond acceptors (Lipinski definition) is 6. The molecule has 1 saturated heterocycles. The normalized spacial score (nSPS) is 18.5. The van der Waals surface area contributed by atoms with E-state index in [2.05, 4.69) is 15.7 Å². The van der Waals surface area contributed by atoms with Crippen molar-refractivity contribution in [3.8, 4) is 0 Å². The summed E-state index contributed by atoms with van der Waals surface area (Å²) in [4.78, 5) is 39.0. The summed E-state index contributed by atoms with van der Waals surface area (Å²) in [5.74, 6) is -0.423. The SMILES string of the molecule is CC1=NN(c2ccc(C(=O)N3CCCC(C(=O)NCCNC(=O)OC(C)(C)C)C3)cc2)CC1. The zero-order valence-corrected chi connectivity index (χ0v) is 20.0. The van der Waals surface area contributed by atoms with E-state index >= 15 is 0 Å². The molecule has 2 aliphatic heterocycles. The van der Waals surface area contributed by atoms with Crippen LogP contribution in [0, 0.1) is 5.92 Å². The Labute approximate surface area is 195 Å². The van der Waals surface area contributed by atoms with Gasteiger partial charge >= 0.3 is 6.09 Å². The van der Waals surface area contributed by atoms with Crippen molar-refractivity contribution >= 4 is 29.3 Å². The van der Waals surface area contributed by atoms with E-state index in [0.29, 0.717) is 25.2 Å². The molecule has 1 fully saturated rings. The minimum absolute atomic E-state index is 0.0632. The molecule has 0 bridgehead atoms. The Morgan fingerprint density at radius 3 is 2.42 bits per heavy atom. The summed E-state index contributed by atoms with van der Waals surface area (Å²) in [6, 6.07) is 7.49. The second kappa shape index (κ2) is 10.7. The lowest BCUT2D eigenvalue weighted by atomic mass is 9.96. The van der Waals surface area contributed by atoms with Gasteiger partial charge in [0.05, 0.1) is 11.6 Å². The van der Waals surface area contributed by atoms with E-state index in [1.165, 1.54) is 0 Å². The van der Waals surface area contributed by atoms with Crippen molar-refractivity contribution in [3.05, 3.63) is 29.8 Å². The molecule has 3 amide bonds. The standard InChI is InChI=1S/C24H35N5O4/c1-17-11-15-29(27-17)20-9-7-18(8-10-20)22(31)28-14-5-6-19(16-28)21(30)25-12-13-26-23(32)33-24(2,3)4/h7-10,19H,5-6,11-16H2,1-4H3,(H,25,30)(H,26,32). The van der Waals surface area contributed by atoms with Gasteiger partial charge in [-0.1, -0.05) is 0 Å². The predicted octanol–water partition coefficient (Wildman–Crippen LogP) is 2.77. The van der Waals surface area contributed by atoms with Crippen LogP contribution in [0.3, 0.4) is 0 Å². The van der Waals surface area contributed by atoms with Crippen molar-refractivity contribution in [2.45, 2.75) is 52.6 Å². The van der Waals surface area contributed by atoms with E-state index < -0.39 is 11.7 Å². The molecule has 1 aromatic carbocycles. The number of amides is 3. The van der Waals surface area contributed by atoms with Gasteiger partial charge in [0.2, 0.25) is 5.91 Å². The van der Waals surface area contributed by atoms with Gasteiger partial charge in [0.15, 0.2) is 0 Å². The van der Waals surface area contributed by atoms with Crippen molar-refractivity contribution in [3.63, 3.8) is 0 Å². The number of carbonyl (C=O) groups is 3. The zero-order chi connectivity index (χ0) is 24.0. The first kappa shape index (κ1) is 24.5. The maximum atomic E-state index is 13.0. The van der Waals surface area contributed by atoms with Crippen LogP contribution in [0.15, 0.2) is 29.4 Å². The topological polar surface area (TPSA) is 103 Å². The summed E-state index contributed by atoms with van der Waals surface area (Å²) in [5.41, 5.74) is 2.13. The lowest BCUT2D eigenvalue weighted by Crippen LogP contribution is -2.46. The highest BCUT2D eigenvalue weighted by molar-refractivity contribution is 5.95. The number of rotatable bonds is 6. The molecule has 3 rings (SSSR count). The molecule has 2 N–H and O–H groups in total. The molecule has 180 valence electrons. The average Bonchev–Trinajstić information content (AvgIpc) is 3.21. The van der Waals surface area contributed by atoms with E-state index in [1.807, 2.05) is 36.2 Å². The van der Waals surface area contributed by atoms with E-state index in [9.17, 15) is 14.4 Å².